The molecule has 4 rings (SSSR count). The molecular weight excluding hydrogens is 430 g/mol. The lowest BCUT2D eigenvalue weighted by Gasteiger charge is -2.10. The van der Waals surface area contributed by atoms with Crippen molar-refractivity contribution in [2.75, 3.05) is 5.32 Å². The van der Waals surface area contributed by atoms with Crippen molar-refractivity contribution in [3.63, 3.8) is 0 Å². The van der Waals surface area contributed by atoms with Crippen LogP contribution in [0.2, 0.25) is 5.02 Å². The topological polar surface area (TPSA) is 37.8 Å². The Bertz CT molecular complexity index is 1110. The number of hydrogen-bond acceptors (Lipinski definition) is 4. The van der Waals surface area contributed by atoms with Crippen molar-refractivity contribution < 1.29 is 0 Å². The maximum atomic E-state index is 6.27. The highest BCUT2D eigenvalue weighted by Gasteiger charge is 2.17. The van der Waals surface area contributed by atoms with E-state index in [4.69, 9.17) is 11.6 Å². The molecule has 0 atom stereocenters. The van der Waals surface area contributed by atoms with E-state index in [0.717, 1.165) is 42.3 Å². The molecule has 0 saturated heterocycles. The SMILES string of the molecule is Cc1ccc(Nc2ncnc3sc(C)c(-c4ccc(Br)cc4)c23)cc1Cl. The normalized spacial score (nSPS) is 11.1. The van der Waals surface area contributed by atoms with Crippen molar-refractivity contribution in [1.29, 1.82) is 0 Å². The number of halogens is 2. The molecule has 0 bridgehead atoms. The molecule has 0 aliphatic carbocycles. The van der Waals surface area contributed by atoms with Crippen molar-refractivity contribution in [3.8, 4) is 11.1 Å². The van der Waals surface area contributed by atoms with Gasteiger partial charge in [0.15, 0.2) is 0 Å². The van der Waals surface area contributed by atoms with Gasteiger partial charge >= 0.3 is 0 Å². The van der Waals surface area contributed by atoms with E-state index in [1.165, 1.54) is 10.4 Å². The van der Waals surface area contributed by atoms with Gasteiger partial charge in [-0.2, -0.15) is 0 Å². The number of benzene rings is 2. The van der Waals surface area contributed by atoms with Crippen LogP contribution in [-0.2, 0) is 0 Å². The lowest BCUT2D eigenvalue weighted by molar-refractivity contribution is 1.23. The molecule has 2 heterocycles. The largest absolute Gasteiger partial charge is 0.340 e. The van der Waals surface area contributed by atoms with Gasteiger partial charge in [0.05, 0.1) is 5.39 Å². The minimum absolute atomic E-state index is 0.731. The standard InChI is InChI=1S/C20H15BrClN3S/c1-11-3-8-15(9-16(11)22)25-19-18-17(13-4-6-14(21)7-5-13)12(2)26-20(18)24-10-23-19/h3-10H,1-2H3,(H,23,24,25). The number of aromatic nitrogens is 2. The highest BCUT2D eigenvalue weighted by atomic mass is 79.9. The summed E-state index contributed by atoms with van der Waals surface area (Å²) in [5.41, 5.74) is 4.27. The fourth-order valence-corrected chi connectivity index (χ4v) is 4.37. The van der Waals surface area contributed by atoms with Gasteiger partial charge in [0.1, 0.15) is 17.0 Å². The van der Waals surface area contributed by atoms with Gasteiger partial charge in [-0.15, -0.1) is 11.3 Å². The monoisotopic (exact) mass is 443 g/mol. The zero-order chi connectivity index (χ0) is 18.3. The van der Waals surface area contributed by atoms with Crippen molar-refractivity contribution in [2.24, 2.45) is 0 Å². The molecule has 2 aromatic heterocycles. The number of anilines is 2. The summed E-state index contributed by atoms with van der Waals surface area (Å²) >= 11 is 11.4. The Morgan fingerprint density at radius 2 is 1.81 bits per heavy atom. The summed E-state index contributed by atoms with van der Waals surface area (Å²) in [6.45, 7) is 4.11. The van der Waals surface area contributed by atoms with E-state index in [1.54, 1.807) is 17.7 Å². The van der Waals surface area contributed by atoms with Crippen LogP contribution in [0.25, 0.3) is 21.3 Å². The lowest BCUT2D eigenvalue weighted by atomic mass is 10.0. The third-order valence-corrected chi connectivity index (χ3v) is 6.18. The van der Waals surface area contributed by atoms with Crippen LogP contribution in [0.4, 0.5) is 11.5 Å². The molecule has 0 aliphatic rings. The summed E-state index contributed by atoms with van der Waals surface area (Å²) in [7, 11) is 0. The molecule has 0 fully saturated rings. The lowest BCUT2D eigenvalue weighted by Crippen LogP contribution is -1.96. The molecule has 0 radical (unpaired) electrons. The van der Waals surface area contributed by atoms with E-state index in [2.05, 4.69) is 62.4 Å². The molecule has 0 aliphatic heterocycles. The molecule has 0 amide bonds. The number of nitrogens with one attached hydrogen (secondary N) is 1. The van der Waals surface area contributed by atoms with Gasteiger partial charge < -0.3 is 5.32 Å². The van der Waals surface area contributed by atoms with Gasteiger partial charge in [0.2, 0.25) is 0 Å². The number of rotatable bonds is 3. The Labute approximate surface area is 169 Å². The Hall–Kier alpha value is -1.95. The quantitative estimate of drug-likeness (QED) is 0.365. The summed E-state index contributed by atoms with van der Waals surface area (Å²) in [6, 6.07) is 14.2. The van der Waals surface area contributed by atoms with E-state index < -0.39 is 0 Å². The van der Waals surface area contributed by atoms with Crippen LogP contribution in [0.15, 0.2) is 53.3 Å². The summed E-state index contributed by atoms with van der Waals surface area (Å²) in [4.78, 5) is 11.2. The van der Waals surface area contributed by atoms with E-state index >= 15 is 0 Å². The van der Waals surface area contributed by atoms with E-state index in [0.29, 0.717) is 0 Å². The predicted molar refractivity (Wildman–Crippen MR) is 115 cm³/mol. The van der Waals surface area contributed by atoms with Crippen molar-refractivity contribution in [3.05, 3.63) is 68.7 Å². The molecule has 1 N–H and O–H groups in total. The molecule has 26 heavy (non-hydrogen) atoms. The first kappa shape index (κ1) is 17.5. The van der Waals surface area contributed by atoms with Gasteiger partial charge in [-0.05, 0) is 49.2 Å². The summed E-state index contributed by atoms with van der Waals surface area (Å²) < 4.78 is 1.06. The van der Waals surface area contributed by atoms with Crippen LogP contribution in [0.5, 0.6) is 0 Å². The fraction of sp³-hybridized carbons (Fsp3) is 0.100. The van der Waals surface area contributed by atoms with Crippen molar-refractivity contribution >= 4 is 60.6 Å². The van der Waals surface area contributed by atoms with Crippen LogP contribution in [0, 0.1) is 13.8 Å². The van der Waals surface area contributed by atoms with Gasteiger partial charge in [-0.3, -0.25) is 0 Å². The molecular formula is C20H15BrClN3S. The zero-order valence-corrected chi connectivity index (χ0v) is 17.3. The summed E-state index contributed by atoms with van der Waals surface area (Å²) in [5, 5.41) is 5.18. The third kappa shape index (κ3) is 3.22. The second-order valence-corrected chi connectivity index (χ2v) is 8.56. The van der Waals surface area contributed by atoms with Crippen molar-refractivity contribution in [1.82, 2.24) is 9.97 Å². The van der Waals surface area contributed by atoms with Gasteiger partial charge in [0.25, 0.3) is 0 Å². The molecule has 4 aromatic rings. The number of nitrogens with zero attached hydrogens (tertiary/aromatic N) is 2. The first-order valence-corrected chi connectivity index (χ1v) is 10.0. The second kappa shape index (κ2) is 6.99. The van der Waals surface area contributed by atoms with E-state index in [9.17, 15) is 0 Å². The first-order chi connectivity index (χ1) is 12.5. The van der Waals surface area contributed by atoms with Crippen LogP contribution >= 0.6 is 38.9 Å². The maximum Gasteiger partial charge on any atom is 0.143 e. The predicted octanol–water partition coefficient (Wildman–Crippen LogP) is 7.13. The average molecular weight is 445 g/mol. The Morgan fingerprint density at radius 1 is 1.04 bits per heavy atom. The van der Waals surface area contributed by atoms with Crippen LogP contribution in [-0.4, -0.2) is 9.97 Å². The fourth-order valence-electron chi connectivity index (χ4n) is 2.91. The molecule has 0 saturated carbocycles. The minimum atomic E-state index is 0.731. The van der Waals surface area contributed by atoms with Crippen LogP contribution in [0.3, 0.4) is 0 Å². The van der Waals surface area contributed by atoms with Gasteiger partial charge in [-0.25, -0.2) is 9.97 Å². The van der Waals surface area contributed by atoms with Crippen LogP contribution < -0.4 is 5.32 Å². The number of fused-ring (bicyclic) bond motifs is 1. The molecule has 6 heteroatoms. The summed E-state index contributed by atoms with van der Waals surface area (Å²) in [5.74, 6) is 0.789. The molecule has 0 spiro atoms. The second-order valence-electron chi connectivity index (χ2n) is 6.03. The Balaban J connectivity index is 1.87. The molecule has 0 unspecified atom stereocenters. The van der Waals surface area contributed by atoms with Crippen molar-refractivity contribution in [2.45, 2.75) is 13.8 Å². The number of hydrogen-bond donors (Lipinski definition) is 1. The van der Waals surface area contributed by atoms with E-state index in [1.807, 2.05) is 25.1 Å². The number of thiophene rings is 1. The maximum absolute atomic E-state index is 6.27. The zero-order valence-electron chi connectivity index (χ0n) is 14.2. The first-order valence-electron chi connectivity index (χ1n) is 8.06. The summed E-state index contributed by atoms with van der Waals surface area (Å²) in [6.07, 6.45) is 1.60. The molecule has 2 aromatic carbocycles. The van der Waals surface area contributed by atoms with E-state index in [-0.39, 0.29) is 0 Å². The smallest absolute Gasteiger partial charge is 0.143 e. The van der Waals surface area contributed by atoms with Gasteiger partial charge in [-0.1, -0.05) is 45.7 Å². The Kier molecular flexibility index (Phi) is 4.69. The van der Waals surface area contributed by atoms with Crippen LogP contribution in [0.1, 0.15) is 10.4 Å². The molecule has 130 valence electrons. The third-order valence-electron chi connectivity index (χ3n) is 4.23. The average Bonchev–Trinajstić information content (AvgIpc) is 2.96. The highest BCUT2D eigenvalue weighted by Crippen LogP contribution is 2.41. The highest BCUT2D eigenvalue weighted by molar-refractivity contribution is 9.10. The molecule has 3 nitrogen and oxygen atoms in total. The minimum Gasteiger partial charge on any atom is -0.340 e. The Morgan fingerprint density at radius 3 is 2.54 bits per heavy atom. The van der Waals surface area contributed by atoms with Gasteiger partial charge in [0, 0.05) is 25.6 Å². The number of aryl methyl sites for hydroxylation is 2.